The molecule has 3 heteroatoms. The van der Waals surface area contributed by atoms with Gasteiger partial charge in [0.15, 0.2) is 0 Å². The standard InChI is InChI=1S/C10H17N3/c1-4-5-6-7-8-10(9(2)3)12-13-11/h9-10H,4,7-8H2,1-3H3. The fraction of sp³-hybridized carbons (Fsp3) is 0.800. The SMILES string of the molecule is CCC#CCCC(N=[N+]=[N-])C(C)C. The lowest BCUT2D eigenvalue weighted by molar-refractivity contribution is 0.468. The molecule has 0 bridgehead atoms. The summed E-state index contributed by atoms with van der Waals surface area (Å²) in [5, 5.41) is 3.73. The Kier molecular flexibility index (Phi) is 6.86. The van der Waals surface area contributed by atoms with Crippen molar-refractivity contribution in [1.82, 2.24) is 0 Å². The average Bonchev–Trinajstić information content (AvgIpc) is 2.10. The molecule has 0 aromatic heterocycles. The van der Waals surface area contributed by atoms with Crippen molar-refractivity contribution in [2.45, 2.75) is 46.1 Å². The molecule has 0 aliphatic carbocycles. The lowest BCUT2D eigenvalue weighted by Gasteiger charge is -2.12. The Hall–Kier alpha value is -1.13. The molecule has 0 fully saturated rings. The summed E-state index contributed by atoms with van der Waals surface area (Å²) >= 11 is 0. The van der Waals surface area contributed by atoms with E-state index in [0.29, 0.717) is 5.92 Å². The van der Waals surface area contributed by atoms with Gasteiger partial charge < -0.3 is 0 Å². The fourth-order valence-corrected chi connectivity index (χ4v) is 1.02. The van der Waals surface area contributed by atoms with Gasteiger partial charge in [-0.25, -0.2) is 0 Å². The van der Waals surface area contributed by atoms with Crippen molar-refractivity contribution >= 4 is 0 Å². The highest BCUT2D eigenvalue weighted by atomic mass is 15.1. The molecule has 0 aromatic rings. The lowest BCUT2D eigenvalue weighted by atomic mass is 10.0. The van der Waals surface area contributed by atoms with Crippen LogP contribution in [0.1, 0.15) is 40.0 Å². The first kappa shape index (κ1) is 11.9. The molecule has 13 heavy (non-hydrogen) atoms. The monoisotopic (exact) mass is 179 g/mol. The van der Waals surface area contributed by atoms with Gasteiger partial charge in [0.2, 0.25) is 0 Å². The fourth-order valence-electron chi connectivity index (χ4n) is 1.02. The van der Waals surface area contributed by atoms with Gasteiger partial charge in [0.1, 0.15) is 0 Å². The van der Waals surface area contributed by atoms with E-state index in [1.165, 1.54) is 0 Å². The molecule has 0 aliphatic rings. The van der Waals surface area contributed by atoms with Crippen LogP contribution in [0.2, 0.25) is 0 Å². The first-order valence-electron chi connectivity index (χ1n) is 4.72. The van der Waals surface area contributed by atoms with Crippen molar-refractivity contribution in [3.05, 3.63) is 10.4 Å². The second-order valence-corrected chi connectivity index (χ2v) is 3.26. The zero-order valence-corrected chi connectivity index (χ0v) is 8.62. The summed E-state index contributed by atoms with van der Waals surface area (Å²) < 4.78 is 0. The minimum atomic E-state index is 0.0937. The number of nitrogens with zero attached hydrogens (tertiary/aromatic N) is 3. The minimum Gasteiger partial charge on any atom is -0.104 e. The van der Waals surface area contributed by atoms with E-state index in [1.54, 1.807) is 0 Å². The maximum Gasteiger partial charge on any atom is 0.0406 e. The van der Waals surface area contributed by atoms with E-state index in [1.807, 2.05) is 6.92 Å². The zero-order chi connectivity index (χ0) is 10.1. The van der Waals surface area contributed by atoms with Crippen LogP contribution in [0.3, 0.4) is 0 Å². The van der Waals surface area contributed by atoms with Gasteiger partial charge >= 0.3 is 0 Å². The van der Waals surface area contributed by atoms with Gasteiger partial charge in [0.05, 0.1) is 0 Å². The summed E-state index contributed by atoms with van der Waals surface area (Å²) in [6, 6.07) is 0.0937. The van der Waals surface area contributed by atoms with E-state index >= 15 is 0 Å². The summed E-state index contributed by atoms with van der Waals surface area (Å²) in [4.78, 5) is 2.83. The van der Waals surface area contributed by atoms with Gasteiger partial charge in [0, 0.05) is 23.8 Å². The van der Waals surface area contributed by atoms with Crippen LogP contribution in [-0.2, 0) is 0 Å². The van der Waals surface area contributed by atoms with Crippen LogP contribution < -0.4 is 0 Å². The van der Waals surface area contributed by atoms with E-state index in [4.69, 9.17) is 5.53 Å². The first-order chi connectivity index (χ1) is 6.22. The number of hydrogen-bond donors (Lipinski definition) is 0. The molecule has 0 heterocycles. The summed E-state index contributed by atoms with van der Waals surface area (Å²) in [5.74, 6) is 6.45. The molecule has 0 saturated heterocycles. The van der Waals surface area contributed by atoms with Crippen molar-refractivity contribution < 1.29 is 0 Å². The maximum atomic E-state index is 8.31. The quantitative estimate of drug-likeness (QED) is 0.274. The predicted molar refractivity (Wildman–Crippen MR) is 55.1 cm³/mol. The first-order valence-corrected chi connectivity index (χ1v) is 4.72. The Morgan fingerprint density at radius 1 is 1.38 bits per heavy atom. The highest BCUT2D eigenvalue weighted by Gasteiger charge is 2.09. The topological polar surface area (TPSA) is 48.8 Å². The van der Waals surface area contributed by atoms with Crippen LogP contribution in [0.5, 0.6) is 0 Å². The molecule has 0 aliphatic heterocycles. The van der Waals surface area contributed by atoms with Crippen LogP contribution in [-0.4, -0.2) is 6.04 Å². The lowest BCUT2D eigenvalue weighted by Crippen LogP contribution is -2.11. The predicted octanol–water partition coefficient (Wildman–Crippen LogP) is 3.51. The number of hydrogen-bond acceptors (Lipinski definition) is 1. The van der Waals surface area contributed by atoms with E-state index in [0.717, 1.165) is 19.3 Å². The van der Waals surface area contributed by atoms with Gasteiger partial charge in [-0.3, -0.25) is 0 Å². The molecule has 0 saturated carbocycles. The molecule has 0 amide bonds. The van der Waals surface area contributed by atoms with Crippen molar-refractivity contribution in [3.8, 4) is 11.8 Å². The third-order valence-electron chi connectivity index (χ3n) is 1.84. The number of rotatable bonds is 4. The van der Waals surface area contributed by atoms with E-state index in [9.17, 15) is 0 Å². The largest absolute Gasteiger partial charge is 0.104 e. The van der Waals surface area contributed by atoms with Gasteiger partial charge in [-0.05, 0) is 17.9 Å². The number of azide groups is 1. The van der Waals surface area contributed by atoms with Crippen LogP contribution in [0.4, 0.5) is 0 Å². The van der Waals surface area contributed by atoms with Gasteiger partial charge in [-0.1, -0.05) is 25.9 Å². The maximum absolute atomic E-state index is 8.31. The highest BCUT2D eigenvalue weighted by Crippen LogP contribution is 2.12. The molecule has 1 unspecified atom stereocenters. The van der Waals surface area contributed by atoms with Crippen molar-refractivity contribution in [2.24, 2.45) is 11.0 Å². The van der Waals surface area contributed by atoms with Crippen LogP contribution in [0.15, 0.2) is 5.11 Å². The molecule has 1 atom stereocenters. The second-order valence-electron chi connectivity index (χ2n) is 3.26. The van der Waals surface area contributed by atoms with Crippen LogP contribution in [0.25, 0.3) is 10.4 Å². The minimum absolute atomic E-state index is 0.0937. The molecule has 0 N–H and O–H groups in total. The third kappa shape index (κ3) is 6.07. The normalized spacial score (nSPS) is 11.4. The Balaban J connectivity index is 3.89. The molecule has 0 spiro atoms. The average molecular weight is 179 g/mol. The Morgan fingerprint density at radius 2 is 2.08 bits per heavy atom. The molecule has 3 nitrogen and oxygen atoms in total. The molecular formula is C10H17N3. The Morgan fingerprint density at radius 3 is 2.54 bits per heavy atom. The smallest absolute Gasteiger partial charge is 0.0406 e. The molecular weight excluding hydrogens is 162 g/mol. The zero-order valence-electron chi connectivity index (χ0n) is 8.62. The van der Waals surface area contributed by atoms with Gasteiger partial charge in [0.25, 0.3) is 0 Å². The van der Waals surface area contributed by atoms with Crippen molar-refractivity contribution in [3.63, 3.8) is 0 Å². The summed E-state index contributed by atoms with van der Waals surface area (Å²) in [7, 11) is 0. The van der Waals surface area contributed by atoms with Gasteiger partial charge in [-0.2, -0.15) is 0 Å². The molecule has 0 rings (SSSR count). The van der Waals surface area contributed by atoms with Crippen molar-refractivity contribution in [1.29, 1.82) is 0 Å². The van der Waals surface area contributed by atoms with Gasteiger partial charge in [-0.15, -0.1) is 11.8 Å². The van der Waals surface area contributed by atoms with E-state index in [-0.39, 0.29) is 6.04 Å². The molecule has 72 valence electrons. The Labute approximate surface area is 80.2 Å². The van der Waals surface area contributed by atoms with E-state index in [2.05, 4.69) is 35.7 Å². The van der Waals surface area contributed by atoms with Crippen LogP contribution >= 0.6 is 0 Å². The second kappa shape index (κ2) is 7.52. The summed E-state index contributed by atoms with van der Waals surface area (Å²) in [6.45, 7) is 6.15. The Bertz CT molecular complexity index is 228. The van der Waals surface area contributed by atoms with E-state index < -0.39 is 0 Å². The highest BCUT2D eigenvalue weighted by molar-refractivity contribution is 4.98. The third-order valence-corrected chi connectivity index (χ3v) is 1.84. The summed E-state index contributed by atoms with van der Waals surface area (Å²) in [5.41, 5.74) is 8.31. The van der Waals surface area contributed by atoms with Crippen molar-refractivity contribution in [2.75, 3.05) is 0 Å². The molecule has 0 radical (unpaired) electrons. The summed E-state index contributed by atoms with van der Waals surface area (Å²) in [6.07, 6.45) is 2.60. The molecule has 0 aromatic carbocycles. The van der Waals surface area contributed by atoms with Crippen LogP contribution in [0, 0.1) is 17.8 Å².